The summed E-state index contributed by atoms with van der Waals surface area (Å²) in [5, 5.41) is 21.3. The highest BCUT2D eigenvalue weighted by atomic mass is 16.5. The number of amides is 1. The van der Waals surface area contributed by atoms with Gasteiger partial charge < -0.3 is 24.5 Å². The van der Waals surface area contributed by atoms with Crippen LogP contribution in [0.5, 0.6) is 5.75 Å². The smallest absolute Gasteiger partial charge is 0.352 e. The van der Waals surface area contributed by atoms with E-state index < -0.39 is 5.97 Å². The quantitative estimate of drug-likeness (QED) is 0.223. The van der Waals surface area contributed by atoms with Crippen LogP contribution in [0.15, 0.2) is 60.7 Å². The maximum atomic E-state index is 12.9. The van der Waals surface area contributed by atoms with Crippen LogP contribution in [0.4, 0.5) is 0 Å². The molecule has 9 heteroatoms. The van der Waals surface area contributed by atoms with Crippen LogP contribution in [0.1, 0.15) is 53.6 Å². The van der Waals surface area contributed by atoms with E-state index in [0.717, 1.165) is 68.3 Å². The number of hydrogen-bond donors (Lipinski definition) is 2. The van der Waals surface area contributed by atoms with Gasteiger partial charge in [0.25, 0.3) is 0 Å². The minimum Gasteiger partial charge on any atom is -0.493 e. The molecule has 0 fully saturated rings. The van der Waals surface area contributed by atoms with E-state index in [0.29, 0.717) is 44.9 Å². The first kappa shape index (κ1) is 28.5. The average molecular weight is 581 g/mol. The summed E-state index contributed by atoms with van der Waals surface area (Å²) in [5.41, 5.74) is 5.40. The Bertz CT molecular complexity index is 1810. The Balaban J connectivity index is 1.41. The number of carbonyl (C=O) groups excluding carboxylic acids is 1. The summed E-state index contributed by atoms with van der Waals surface area (Å²) in [6.45, 7) is 3.70. The highest BCUT2D eigenvalue weighted by Crippen LogP contribution is 2.39. The summed E-state index contributed by atoms with van der Waals surface area (Å²) in [4.78, 5) is 24.7. The van der Waals surface area contributed by atoms with E-state index in [1.807, 2.05) is 54.1 Å². The van der Waals surface area contributed by atoms with Gasteiger partial charge in [0.2, 0.25) is 5.91 Å². The lowest BCUT2D eigenvalue weighted by molar-refractivity contribution is -0.119. The van der Waals surface area contributed by atoms with E-state index in [2.05, 4.69) is 23.5 Å². The Hall–Kier alpha value is -4.63. The fourth-order valence-corrected chi connectivity index (χ4v) is 6.23. The molecular formula is C34H36N4O5. The molecule has 3 heterocycles. The zero-order chi connectivity index (χ0) is 29.9. The Morgan fingerprint density at radius 2 is 1.84 bits per heavy atom. The number of nitrogens with one attached hydrogen (secondary N) is 1. The number of aromatic nitrogens is 3. The van der Waals surface area contributed by atoms with Crippen LogP contribution in [-0.4, -0.2) is 44.5 Å². The molecule has 3 aromatic carbocycles. The second-order valence-electron chi connectivity index (χ2n) is 11.0. The fourth-order valence-electron chi connectivity index (χ4n) is 6.23. The van der Waals surface area contributed by atoms with Gasteiger partial charge in [-0.3, -0.25) is 9.48 Å². The highest BCUT2D eigenvalue weighted by Gasteiger charge is 2.27. The number of para-hydroxylation sites is 1. The Morgan fingerprint density at radius 3 is 2.67 bits per heavy atom. The van der Waals surface area contributed by atoms with Crippen molar-refractivity contribution in [2.45, 2.75) is 52.3 Å². The van der Waals surface area contributed by atoms with E-state index in [9.17, 15) is 14.7 Å². The first-order valence-corrected chi connectivity index (χ1v) is 14.8. The molecular weight excluding hydrogens is 544 g/mol. The average Bonchev–Trinajstić information content (AvgIpc) is 3.48. The zero-order valence-corrected chi connectivity index (χ0v) is 24.6. The van der Waals surface area contributed by atoms with Gasteiger partial charge >= 0.3 is 5.97 Å². The molecule has 43 heavy (non-hydrogen) atoms. The van der Waals surface area contributed by atoms with E-state index >= 15 is 0 Å². The van der Waals surface area contributed by atoms with Crippen LogP contribution in [-0.2, 0) is 42.7 Å². The molecule has 0 bridgehead atoms. The normalized spacial score (nSPS) is 13.4. The van der Waals surface area contributed by atoms with E-state index in [1.54, 1.807) is 4.68 Å². The van der Waals surface area contributed by atoms with Gasteiger partial charge in [0, 0.05) is 49.0 Å². The summed E-state index contributed by atoms with van der Waals surface area (Å²) in [6.07, 6.45) is 2.81. The minimum absolute atomic E-state index is 0.143. The molecule has 1 aliphatic rings. The lowest BCUT2D eigenvalue weighted by atomic mass is 9.98. The number of benzene rings is 3. The molecule has 2 N–H and O–H groups in total. The van der Waals surface area contributed by atoms with Gasteiger partial charge in [-0.2, -0.15) is 5.10 Å². The SMILES string of the molecule is CC(=O)NCc1nn(C)c2c1-c1cccc3c(CCCOc4cccc5ccccc45)c(C(=O)O)n(c13)CCCCOC2. The number of rotatable bonds is 8. The number of hydrogen-bond acceptors (Lipinski definition) is 5. The van der Waals surface area contributed by atoms with Gasteiger partial charge in [0.05, 0.1) is 36.7 Å². The summed E-state index contributed by atoms with van der Waals surface area (Å²) in [5.74, 6) is -0.257. The van der Waals surface area contributed by atoms with Gasteiger partial charge in [-0.15, -0.1) is 0 Å². The maximum Gasteiger partial charge on any atom is 0.352 e. The second-order valence-corrected chi connectivity index (χ2v) is 11.0. The van der Waals surface area contributed by atoms with Gasteiger partial charge in [0.15, 0.2) is 0 Å². The van der Waals surface area contributed by atoms with Crippen molar-refractivity contribution in [3.8, 4) is 16.9 Å². The second kappa shape index (κ2) is 12.3. The molecule has 0 aliphatic carbocycles. The summed E-state index contributed by atoms with van der Waals surface area (Å²) in [6, 6.07) is 20.2. The van der Waals surface area contributed by atoms with Crippen molar-refractivity contribution in [1.82, 2.24) is 19.7 Å². The number of ether oxygens (including phenoxy) is 2. The molecule has 0 spiro atoms. The number of carboxylic acids is 1. The van der Waals surface area contributed by atoms with Crippen molar-refractivity contribution in [3.05, 3.63) is 83.3 Å². The summed E-state index contributed by atoms with van der Waals surface area (Å²) < 4.78 is 16.0. The molecule has 6 rings (SSSR count). The third-order valence-electron chi connectivity index (χ3n) is 8.14. The van der Waals surface area contributed by atoms with Gasteiger partial charge in [-0.05, 0) is 42.7 Å². The third-order valence-corrected chi connectivity index (χ3v) is 8.14. The predicted molar refractivity (Wildman–Crippen MR) is 165 cm³/mol. The number of carbonyl (C=O) groups is 2. The fraction of sp³-hybridized carbons (Fsp3) is 0.324. The Morgan fingerprint density at radius 1 is 1.05 bits per heavy atom. The van der Waals surface area contributed by atoms with Crippen molar-refractivity contribution >= 4 is 33.6 Å². The zero-order valence-electron chi connectivity index (χ0n) is 24.6. The standard InChI is InChI=1S/C34H36N4O5/c1-22(39)35-20-28-31-27-14-8-13-25-26(15-9-19-43-30-16-7-11-23-10-3-4-12-24(23)30)33(34(40)41)38(32(25)27)17-5-6-18-42-21-29(31)37(2)36-28/h3-4,7-8,10-14,16H,5-6,9,15,17-21H2,1-2H3,(H,35,39)(H,40,41). The lowest BCUT2D eigenvalue weighted by Gasteiger charge is -2.12. The van der Waals surface area contributed by atoms with Crippen LogP contribution in [0.2, 0.25) is 0 Å². The van der Waals surface area contributed by atoms with Crippen molar-refractivity contribution in [3.63, 3.8) is 0 Å². The van der Waals surface area contributed by atoms with Crippen LogP contribution < -0.4 is 10.1 Å². The molecule has 0 atom stereocenters. The molecule has 9 nitrogen and oxygen atoms in total. The van der Waals surface area contributed by atoms with E-state index in [-0.39, 0.29) is 12.5 Å². The first-order chi connectivity index (χ1) is 20.9. The topological polar surface area (TPSA) is 108 Å². The molecule has 0 unspecified atom stereocenters. The molecule has 2 aromatic heterocycles. The molecule has 0 saturated carbocycles. The van der Waals surface area contributed by atoms with Gasteiger partial charge in [-0.1, -0.05) is 54.6 Å². The number of fused-ring (bicyclic) bond motifs is 3. The number of nitrogens with zero attached hydrogens (tertiary/aromatic N) is 3. The van der Waals surface area contributed by atoms with Crippen LogP contribution >= 0.6 is 0 Å². The van der Waals surface area contributed by atoms with E-state index in [1.165, 1.54) is 6.92 Å². The van der Waals surface area contributed by atoms with Gasteiger partial charge in [0.1, 0.15) is 11.4 Å². The first-order valence-electron chi connectivity index (χ1n) is 14.8. The molecule has 222 valence electrons. The van der Waals surface area contributed by atoms with Crippen molar-refractivity contribution in [2.75, 3.05) is 13.2 Å². The van der Waals surface area contributed by atoms with E-state index in [4.69, 9.17) is 14.6 Å². The largest absolute Gasteiger partial charge is 0.493 e. The molecule has 5 aromatic rings. The summed E-state index contributed by atoms with van der Waals surface area (Å²) in [7, 11) is 1.88. The van der Waals surface area contributed by atoms with Crippen LogP contribution in [0, 0.1) is 0 Å². The van der Waals surface area contributed by atoms with Crippen LogP contribution in [0.25, 0.3) is 32.8 Å². The van der Waals surface area contributed by atoms with Gasteiger partial charge in [-0.25, -0.2) is 4.79 Å². The predicted octanol–water partition coefficient (Wildman–Crippen LogP) is 5.85. The van der Waals surface area contributed by atoms with Crippen molar-refractivity contribution in [2.24, 2.45) is 7.05 Å². The molecule has 0 radical (unpaired) electrons. The molecule has 0 saturated heterocycles. The Kier molecular flexibility index (Phi) is 8.16. The van der Waals surface area contributed by atoms with Crippen LogP contribution in [0.3, 0.4) is 0 Å². The maximum absolute atomic E-state index is 12.9. The number of carboxylic acid groups (broad SMARTS) is 1. The van der Waals surface area contributed by atoms with Crippen molar-refractivity contribution < 1.29 is 24.2 Å². The molecule has 1 amide bonds. The number of aryl methyl sites for hydroxylation is 3. The third kappa shape index (κ3) is 5.60. The highest BCUT2D eigenvalue weighted by molar-refractivity contribution is 6.04. The minimum atomic E-state index is -0.942. The lowest BCUT2D eigenvalue weighted by Crippen LogP contribution is -2.19. The van der Waals surface area contributed by atoms with Crippen molar-refractivity contribution in [1.29, 1.82) is 0 Å². The number of aromatic carboxylic acids is 1. The molecule has 1 aliphatic heterocycles. The Labute approximate surface area is 250 Å². The summed E-state index contributed by atoms with van der Waals surface area (Å²) >= 11 is 0. The monoisotopic (exact) mass is 580 g/mol.